The molecule has 1 aromatic carbocycles. The van der Waals surface area contributed by atoms with Crippen LogP contribution in [0.25, 0.3) is 0 Å². The molecule has 0 atom stereocenters. The van der Waals surface area contributed by atoms with Crippen molar-refractivity contribution in [2.24, 2.45) is 0 Å². The average Bonchev–Trinajstić information content (AvgIpc) is 2.10. The quantitative estimate of drug-likeness (QED) is 0.624. The topological polar surface area (TPSA) is 88.0 Å². The minimum absolute atomic E-state index is 0. The number of nitriles is 2. The first-order valence-corrected chi connectivity index (χ1v) is 2.89. The summed E-state index contributed by atoms with van der Waals surface area (Å²) >= 11 is 0. The van der Waals surface area contributed by atoms with Gasteiger partial charge in [0.25, 0.3) is 12.5 Å². The number of hydrogen-bond acceptors (Lipinski definition) is 4. The molecule has 0 radical (unpaired) electrons. The standard InChI is InChI=1S/C6H6.2CHNO.2CH4/c1-2-4-6-5-3-1;2*2-1-3;;/h1-6H;2*3H;2*1H4. The van der Waals surface area contributed by atoms with Crippen molar-refractivity contribution < 1.29 is 10.2 Å². The third-order valence-electron chi connectivity index (χ3n) is 0.667. The molecule has 1 rings (SSSR count). The van der Waals surface area contributed by atoms with Crippen LogP contribution in [0.5, 0.6) is 0 Å². The molecule has 0 aliphatic rings. The molecule has 4 nitrogen and oxygen atoms in total. The molecule has 14 heavy (non-hydrogen) atoms. The number of hydrogen-bond donors (Lipinski definition) is 2. The summed E-state index contributed by atoms with van der Waals surface area (Å²) in [6.07, 6.45) is 1.50. The van der Waals surface area contributed by atoms with Gasteiger partial charge in [0.15, 0.2) is 0 Å². The maximum Gasteiger partial charge on any atom is 0.283 e. The molecule has 0 fully saturated rings. The van der Waals surface area contributed by atoms with Crippen molar-refractivity contribution in [3.8, 4) is 12.5 Å². The first-order chi connectivity index (χ1) is 5.83. The summed E-state index contributed by atoms with van der Waals surface area (Å²) in [4.78, 5) is 0. The monoisotopic (exact) mass is 196 g/mol. The van der Waals surface area contributed by atoms with Crippen molar-refractivity contribution in [2.45, 2.75) is 14.9 Å². The van der Waals surface area contributed by atoms with Crippen LogP contribution in [-0.4, -0.2) is 10.2 Å². The first kappa shape index (κ1) is 22.6. The molecule has 0 aromatic heterocycles. The van der Waals surface area contributed by atoms with Gasteiger partial charge in [-0.15, -0.1) is 0 Å². The Balaban J connectivity index is -0.0000000557. The smallest absolute Gasteiger partial charge is 0.283 e. The van der Waals surface area contributed by atoms with Crippen LogP contribution in [0, 0.1) is 23.0 Å². The molecule has 2 N–H and O–H groups in total. The molecule has 0 aliphatic heterocycles. The summed E-state index contributed by atoms with van der Waals surface area (Å²) < 4.78 is 0. The molecule has 0 spiro atoms. The molecule has 0 bridgehead atoms. The van der Waals surface area contributed by atoms with Crippen LogP contribution in [0.15, 0.2) is 36.4 Å². The van der Waals surface area contributed by atoms with Crippen molar-refractivity contribution >= 4 is 0 Å². The van der Waals surface area contributed by atoms with Gasteiger partial charge >= 0.3 is 0 Å². The SMILES string of the molecule is C.C.N#CO.N#CO.c1ccccc1. The largest absolute Gasteiger partial charge is 0.443 e. The molecule has 78 valence electrons. The fourth-order valence-corrected chi connectivity index (χ4v) is 0.385. The van der Waals surface area contributed by atoms with Crippen LogP contribution in [0.1, 0.15) is 14.9 Å². The Hall–Kier alpha value is -2.20. The summed E-state index contributed by atoms with van der Waals surface area (Å²) in [5.74, 6) is 0. The van der Waals surface area contributed by atoms with Gasteiger partial charge in [-0.25, -0.2) is 0 Å². The second kappa shape index (κ2) is 30.8. The van der Waals surface area contributed by atoms with E-state index in [0.717, 1.165) is 12.5 Å². The van der Waals surface area contributed by atoms with Gasteiger partial charge in [0.05, 0.1) is 0 Å². The molecule has 0 amide bonds. The van der Waals surface area contributed by atoms with E-state index in [-0.39, 0.29) is 14.9 Å². The van der Waals surface area contributed by atoms with E-state index in [1.54, 1.807) is 0 Å². The first-order valence-electron chi connectivity index (χ1n) is 2.89. The Morgan fingerprint density at radius 3 is 0.786 bits per heavy atom. The van der Waals surface area contributed by atoms with Crippen LogP contribution in [0.2, 0.25) is 0 Å². The van der Waals surface area contributed by atoms with Gasteiger partial charge in [-0.2, -0.15) is 10.5 Å². The Kier molecular flexibility index (Phi) is 49.8. The van der Waals surface area contributed by atoms with E-state index in [9.17, 15) is 0 Å². The van der Waals surface area contributed by atoms with Gasteiger partial charge in [-0.3, -0.25) is 0 Å². The normalized spacial score (nSPS) is 4.43. The Morgan fingerprint density at radius 2 is 0.714 bits per heavy atom. The summed E-state index contributed by atoms with van der Waals surface area (Å²) in [6, 6.07) is 12.0. The highest BCUT2D eigenvalue weighted by Crippen LogP contribution is 1.79. The number of aliphatic hydroxyl groups excluding tert-OH is 2. The highest BCUT2D eigenvalue weighted by Gasteiger charge is 1.57. The summed E-state index contributed by atoms with van der Waals surface area (Å²) in [7, 11) is 0. The van der Waals surface area contributed by atoms with Crippen LogP contribution >= 0.6 is 0 Å². The van der Waals surface area contributed by atoms with E-state index in [1.165, 1.54) is 0 Å². The van der Waals surface area contributed by atoms with Crippen molar-refractivity contribution in [3.63, 3.8) is 0 Å². The second-order valence-electron chi connectivity index (χ2n) is 1.35. The van der Waals surface area contributed by atoms with Crippen LogP contribution in [0.4, 0.5) is 0 Å². The van der Waals surface area contributed by atoms with Crippen LogP contribution < -0.4 is 0 Å². The molecule has 4 heteroatoms. The molecule has 0 saturated heterocycles. The molecule has 0 saturated carbocycles. The fourth-order valence-electron chi connectivity index (χ4n) is 0.385. The van der Waals surface area contributed by atoms with Crippen molar-refractivity contribution in [2.75, 3.05) is 0 Å². The van der Waals surface area contributed by atoms with E-state index in [0.29, 0.717) is 0 Å². The molecule has 0 heterocycles. The summed E-state index contributed by atoms with van der Waals surface area (Å²) in [6.45, 7) is 0. The van der Waals surface area contributed by atoms with Crippen LogP contribution in [-0.2, 0) is 0 Å². The van der Waals surface area contributed by atoms with E-state index in [1.807, 2.05) is 36.4 Å². The number of nitrogens with zero attached hydrogens (tertiary/aromatic N) is 2. The maximum absolute atomic E-state index is 6.88. The maximum atomic E-state index is 6.88. The zero-order valence-electron chi connectivity index (χ0n) is 6.25. The Labute approximate surface area is 85.3 Å². The molecule has 1 aromatic rings. The minimum atomic E-state index is 0. The lowest BCUT2D eigenvalue weighted by molar-refractivity contribution is 0.502. The van der Waals surface area contributed by atoms with Crippen molar-refractivity contribution in [1.82, 2.24) is 0 Å². The molecule has 0 unspecified atom stereocenters. The van der Waals surface area contributed by atoms with Gasteiger partial charge < -0.3 is 10.2 Å². The highest BCUT2D eigenvalue weighted by molar-refractivity contribution is 4.99. The Morgan fingerprint density at radius 1 is 0.643 bits per heavy atom. The zero-order chi connectivity index (χ0) is 9.66. The van der Waals surface area contributed by atoms with Gasteiger partial charge in [0.2, 0.25) is 0 Å². The summed E-state index contributed by atoms with van der Waals surface area (Å²) in [5, 5.41) is 27.5. The van der Waals surface area contributed by atoms with Gasteiger partial charge in [-0.1, -0.05) is 51.3 Å². The fraction of sp³-hybridized carbons (Fsp3) is 0.200. The van der Waals surface area contributed by atoms with Gasteiger partial charge in [0, 0.05) is 0 Å². The minimum Gasteiger partial charge on any atom is -0.443 e. The molecular weight excluding hydrogens is 180 g/mol. The average molecular weight is 196 g/mol. The lowest BCUT2D eigenvalue weighted by atomic mass is 10.4. The second-order valence-corrected chi connectivity index (χ2v) is 1.35. The van der Waals surface area contributed by atoms with E-state index in [4.69, 9.17) is 20.7 Å². The van der Waals surface area contributed by atoms with E-state index < -0.39 is 0 Å². The highest BCUT2D eigenvalue weighted by atomic mass is 16.2. The predicted molar refractivity (Wildman–Crippen MR) is 55.0 cm³/mol. The Bertz CT molecular complexity index is 198. The van der Waals surface area contributed by atoms with Gasteiger partial charge in [-0.05, 0) is 0 Å². The van der Waals surface area contributed by atoms with Crippen molar-refractivity contribution in [1.29, 1.82) is 10.5 Å². The number of rotatable bonds is 0. The predicted octanol–water partition coefficient (Wildman–Crippen LogP) is 2.64. The number of aliphatic hydroxyl groups is 2. The van der Waals surface area contributed by atoms with Crippen LogP contribution in [0.3, 0.4) is 0 Å². The van der Waals surface area contributed by atoms with E-state index in [2.05, 4.69) is 0 Å². The summed E-state index contributed by atoms with van der Waals surface area (Å²) in [5.41, 5.74) is 0. The van der Waals surface area contributed by atoms with Crippen molar-refractivity contribution in [3.05, 3.63) is 36.4 Å². The third-order valence-corrected chi connectivity index (χ3v) is 0.667. The van der Waals surface area contributed by atoms with E-state index >= 15 is 0 Å². The molecular formula is C10H16N2O2. The lowest BCUT2D eigenvalue weighted by Crippen LogP contribution is -1.47. The third kappa shape index (κ3) is 52.6. The number of benzene rings is 1. The lowest BCUT2D eigenvalue weighted by Gasteiger charge is -1.69. The van der Waals surface area contributed by atoms with Gasteiger partial charge in [0.1, 0.15) is 0 Å². The zero-order valence-corrected chi connectivity index (χ0v) is 6.25. The molecule has 0 aliphatic carbocycles.